The molecule has 0 N–H and O–H groups in total. The zero-order valence-corrected chi connectivity index (χ0v) is 17.9. The Morgan fingerprint density at radius 1 is 1.14 bits per heavy atom. The topological polar surface area (TPSA) is 42.0 Å². The summed E-state index contributed by atoms with van der Waals surface area (Å²) in [6.07, 6.45) is -0.562. The van der Waals surface area contributed by atoms with Crippen molar-refractivity contribution >= 4 is 17.7 Å². The summed E-state index contributed by atoms with van der Waals surface area (Å²) in [5.74, 6) is 2.21. The predicted molar refractivity (Wildman–Crippen MR) is 114 cm³/mol. The number of halogens is 1. The highest BCUT2D eigenvalue weighted by Gasteiger charge is 2.42. The minimum absolute atomic E-state index is 0.224. The van der Waals surface area contributed by atoms with Crippen molar-refractivity contribution in [2.45, 2.75) is 38.8 Å². The van der Waals surface area contributed by atoms with Gasteiger partial charge in [-0.05, 0) is 50.6 Å². The van der Waals surface area contributed by atoms with E-state index in [0.29, 0.717) is 18.1 Å². The van der Waals surface area contributed by atoms with E-state index < -0.39 is 0 Å². The number of likely N-dealkylation sites (tertiary alicyclic amines) is 1. The van der Waals surface area contributed by atoms with Crippen LogP contribution in [0.15, 0.2) is 42.5 Å². The Labute approximate surface area is 177 Å². The van der Waals surface area contributed by atoms with E-state index in [0.717, 1.165) is 30.2 Å². The molecule has 0 aliphatic carbocycles. The Kier molecular flexibility index (Phi) is 5.70. The van der Waals surface area contributed by atoms with Crippen molar-refractivity contribution < 1.29 is 14.3 Å². The number of benzene rings is 2. The largest absolute Gasteiger partial charge is 0.457 e. The van der Waals surface area contributed by atoms with Gasteiger partial charge in [0.25, 0.3) is 0 Å². The Bertz CT molecular complexity index is 899. The van der Waals surface area contributed by atoms with Crippen LogP contribution < -0.4 is 4.74 Å². The minimum Gasteiger partial charge on any atom is -0.457 e. The molecule has 2 heterocycles. The molecule has 4 rings (SSSR count). The van der Waals surface area contributed by atoms with Crippen molar-refractivity contribution in [3.8, 4) is 11.5 Å². The van der Waals surface area contributed by atoms with Crippen molar-refractivity contribution in [3.05, 3.63) is 58.6 Å². The molecule has 0 spiro atoms. The van der Waals surface area contributed by atoms with Gasteiger partial charge in [-0.2, -0.15) is 0 Å². The van der Waals surface area contributed by atoms with E-state index in [4.69, 9.17) is 21.1 Å². The molecule has 5 nitrogen and oxygen atoms in total. The smallest absolute Gasteiger partial charge is 0.411 e. The number of hydrogen-bond acceptors (Lipinski definition) is 4. The fraction of sp³-hybridized carbons (Fsp3) is 0.435. The Hall–Kier alpha value is -2.24. The maximum atomic E-state index is 12.4. The molecule has 154 valence electrons. The highest BCUT2D eigenvalue weighted by molar-refractivity contribution is 6.30. The highest BCUT2D eigenvalue weighted by atomic mass is 35.5. The molecule has 29 heavy (non-hydrogen) atoms. The molecule has 0 bridgehead atoms. The molecule has 2 aliphatic rings. The van der Waals surface area contributed by atoms with E-state index in [2.05, 4.69) is 17.0 Å². The van der Waals surface area contributed by atoms with Crippen LogP contribution in [0.3, 0.4) is 0 Å². The molecule has 0 saturated carbocycles. The number of amides is 1. The molecule has 3 atom stereocenters. The van der Waals surface area contributed by atoms with Crippen LogP contribution in [0.25, 0.3) is 0 Å². The van der Waals surface area contributed by atoms with Gasteiger partial charge in [0.05, 0.1) is 0 Å². The maximum absolute atomic E-state index is 12.4. The second kappa shape index (κ2) is 8.25. The molecule has 1 saturated heterocycles. The average molecular weight is 415 g/mol. The average Bonchev–Trinajstić information content (AvgIpc) is 3.11. The number of carbonyl (C=O) groups excluding carboxylic acids is 1. The van der Waals surface area contributed by atoms with E-state index in [1.165, 1.54) is 5.56 Å². The van der Waals surface area contributed by atoms with E-state index in [1.807, 2.05) is 51.1 Å². The van der Waals surface area contributed by atoms with Gasteiger partial charge in [-0.15, -0.1) is 0 Å². The molecule has 2 aromatic rings. The first kappa shape index (κ1) is 20.0. The molecule has 1 amide bonds. The zero-order valence-electron chi connectivity index (χ0n) is 17.1. The van der Waals surface area contributed by atoms with Crippen LogP contribution in [0.1, 0.15) is 43.7 Å². The minimum atomic E-state index is -0.300. The fourth-order valence-electron chi connectivity index (χ4n) is 4.44. The van der Waals surface area contributed by atoms with Gasteiger partial charge in [-0.25, -0.2) is 4.79 Å². The summed E-state index contributed by atoms with van der Waals surface area (Å²) < 4.78 is 12.0. The first-order valence-electron chi connectivity index (χ1n) is 10.3. The SMILES string of the molecule is CCN(CC)C(=O)OC(C)N1CC2c3ccccc3Oc3ccc(Cl)cc3C2C1. The number of hydrogen-bond donors (Lipinski definition) is 0. The summed E-state index contributed by atoms with van der Waals surface area (Å²) in [7, 11) is 0. The lowest BCUT2D eigenvalue weighted by Gasteiger charge is -2.27. The van der Waals surface area contributed by atoms with Gasteiger partial charge in [0.15, 0.2) is 6.23 Å². The van der Waals surface area contributed by atoms with Crippen LogP contribution in [0.5, 0.6) is 11.5 Å². The third kappa shape index (κ3) is 3.81. The second-order valence-electron chi connectivity index (χ2n) is 7.64. The number of fused-ring (bicyclic) bond motifs is 5. The summed E-state index contributed by atoms with van der Waals surface area (Å²) in [6, 6.07) is 14.0. The van der Waals surface area contributed by atoms with Crippen LogP contribution in [0.2, 0.25) is 5.02 Å². The zero-order chi connectivity index (χ0) is 20.5. The molecule has 0 radical (unpaired) electrons. The monoisotopic (exact) mass is 414 g/mol. The highest BCUT2D eigenvalue weighted by Crippen LogP contribution is 2.50. The number of rotatable bonds is 4. The fourth-order valence-corrected chi connectivity index (χ4v) is 4.62. The van der Waals surface area contributed by atoms with Gasteiger partial charge in [-0.1, -0.05) is 29.8 Å². The summed E-state index contributed by atoms with van der Waals surface area (Å²) in [6.45, 7) is 8.73. The molecular formula is C23H27ClN2O3. The second-order valence-corrected chi connectivity index (χ2v) is 8.08. The third-order valence-corrected chi connectivity index (χ3v) is 6.30. The number of para-hydroxylation sites is 1. The van der Waals surface area contributed by atoms with Gasteiger partial charge in [0.2, 0.25) is 0 Å². The molecular weight excluding hydrogens is 388 g/mol. The first-order chi connectivity index (χ1) is 14.0. The first-order valence-corrected chi connectivity index (χ1v) is 10.6. The summed E-state index contributed by atoms with van der Waals surface area (Å²) >= 11 is 6.32. The van der Waals surface area contributed by atoms with Gasteiger partial charge >= 0.3 is 6.09 Å². The van der Waals surface area contributed by atoms with Crippen LogP contribution >= 0.6 is 11.6 Å². The lowest BCUT2D eigenvalue weighted by Crippen LogP contribution is -2.40. The van der Waals surface area contributed by atoms with Crippen LogP contribution in [0, 0.1) is 0 Å². The van der Waals surface area contributed by atoms with Crippen molar-refractivity contribution in [1.29, 1.82) is 0 Å². The lowest BCUT2D eigenvalue weighted by molar-refractivity contribution is -0.00627. The van der Waals surface area contributed by atoms with Gasteiger partial charge in [0, 0.05) is 48.6 Å². The van der Waals surface area contributed by atoms with Crippen LogP contribution in [0.4, 0.5) is 4.79 Å². The Morgan fingerprint density at radius 3 is 2.52 bits per heavy atom. The molecule has 0 aromatic heterocycles. The Morgan fingerprint density at radius 2 is 1.79 bits per heavy atom. The molecule has 3 unspecified atom stereocenters. The van der Waals surface area contributed by atoms with E-state index in [1.54, 1.807) is 4.90 Å². The summed E-state index contributed by atoms with van der Waals surface area (Å²) in [4.78, 5) is 16.4. The predicted octanol–water partition coefficient (Wildman–Crippen LogP) is 5.45. The van der Waals surface area contributed by atoms with Gasteiger partial charge in [-0.3, -0.25) is 4.90 Å². The van der Waals surface area contributed by atoms with Gasteiger partial charge in [0.1, 0.15) is 11.5 Å². The van der Waals surface area contributed by atoms with Crippen molar-refractivity contribution in [3.63, 3.8) is 0 Å². The third-order valence-electron chi connectivity index (χ3n) is 6.07. The quantitative estimate of drug-likeness (QED) is 0.666. The molecule has 2 aliphatic heterocycles. The molecule has 2 aromatic carbocycles. The number of carbonyl (C=O) groups is 1. The van der Waals surface area contributed by atoms with Crippen LogP contribution in [-0.2, 0) is 4.74 Å². The standard InChI is InChI=1S/C23H27ClN2O3/c1-4-25(5-2)23(27)28-15(3)26-13-19-17-8-6-7-9-21(17)29-22-11-10-16(24)12-18(22)20(19)14-26/h6-12,15,19-20H,4-5,13-14H2,1-3H3. The van der Waals surface area contributed by atoms with Crippen molar-refractivity contribution in [2.75, 3.05) is 26.2 Å². The number of nitrogens with zero attached hydrogens (tertiary/aromatic N) is 2. The lowest BCUT2D eigenvalue weighted by atomic mass is 9.84. The van der Waals surface area contributed by atoms with E-state index >= 15 is 0 Å². The maximum Gasteiger partial charge on any atom is 0.411 e. The summed E-state index contributed by atoms with van der Waals surface area (Å²) in [5.41, 5.74) is 2.30. The number of ether oxygens (including phenoxy) is 2. The normalized spacial score (nSPS) is 21.2. The Balaban J connectivity index is 1.63. The molecule has 1 fully saturated rings. The summed E-state index contributed by atoms with van der Waals surface area (Å²) in [5, 5.41) is 0.705. The van der Waals surface area contributed by atoms with Crippen LogP contribution in [-0.4, -0.2) is 48.3 Å². The molecule has 6 heteroatoms. The van der Waals surface area contributed by atoms with Crippen molar-refractivity contribution in [2.24, 2.45) is 0 Å². The van der Waals surface area contributed by atoms with Crippen molar-refractivity contribution in [1.82, 2.24) is 9.80 Å². The van der Waals surface area contributed by atoms with Gasteiger partial charge < -0.3 is 14.4 Å². The van der Waals surface area contributed by atoms with E-state index in [-0.39, 0.29) is 24.2 Å². The van der Waals surface area contributed by atoms with E-state index in [9.17, 15) is 4.79 Å².